The van der Waals surface area contributed by atoms with Gasteiger partial charge in [0.1, 0.15) is 11.5 Å². The number of aromatic nitrogens is 2. The van der Waals surface area contributed by atoms with Crippen LogP contribution in [0.5, 0.6) is 0 Å². The summed E-state index contributed by atoms with van der Waals surface area (Å²) in [5.41, 5.74) is -1.06. The molecule has 0 spiro atoms. The highest BCUT2D eigenvalue weighted by atomic mass is 32.1. The lowest BCUT2D eigenvalue weighted by atomic mass is 10.1. The van der Waals surface area contributed by atoms with E-state index in [1.807, 2.05) is 11.8 Å². The third kappa shape index (κ3) is 1.80. The van der Waals surface area contributed by atoms with Gasteiger partial charge in [-0.1, -0.05) is 0 Å². The summed E-state index contributed by atoms with van der Waals surface area (Å²) in [7, 11) is 0. The summed E-state index contributed by atoms with van der Waals surface area (Å²) in [6, 6.07) is 0. The summed E-state index contributed by atoms with van der Waals surface area (Å²) >= 11 is 1.35. The van der Waals surface area contributed by atoms with Crippen LogP contribution in [0.1, 0.15) is 19.2 Å². The highest BCUT2D eigenvalue weighted by Crippen LogP contribution is 2.29. The average Bonchev–Trinajstić information content (AvgIpc) is 2.56. The predicted molar refractivity (Wildman–Crippen MR) is 51.0 cm³/mol. The van der Waals surface area contributed by atoms with Crippen molar-refractivity contribution in [2.45, 2.75) is 25.9 Å². The zero-order chi connectivity index (χ0) is 9.47. The molecule has 0 aliphatic carbocycles. The molecular formula is C8H12FN3S. The smallest absolute Gasteiger partial charge is 0.205 e. The van der Waals surface area contributed by atoms with Gasteiger partial charge in [0, 0.05) is 24.5 Å². The topological polar surface area (TPSA) is 29.0 Å². The number of halogens is 1. The number of hydrogen-bond acceptors (Lipinski definition) is 4. The van der Waals surface area contributed by atoms with E-state index in [4.69, 9.17) is 0 Å². The van der Waals surface area contributed by atoms with Crippen LogP contribution in [0.3, 0.4) is 0 Å². The van der Waals surface area contributed by atoms with Crippen LogP contribution in [-0.2, 0) is 0 Å². The summed E-state index contributed by atoms with van der Waals surface area (Å²) in [6.07, 6.45) is 0.589. The molecule has 0 bridgehead atoms. The largest absolute Gasteiger partial charge is 0.344 e. The van der Waals surface area contributed by atoms with Crippen molar-refractivity contribution in [2.24, 2.45) is 0 Å². The quantitative estimate of drug-likeness (QED) is 0.693. The number of alkyl halides is 1. The molecule has 1 atom stereocenters. The Kier molecular flexibility index (Phi) is 1.98. The molecule has 1 saturated heterocycles. The molecule has 1 aromatic heterocycles. The van der Waals surface area contributed by atoms with Gasteiger partial charge in [-0.25, -0.2) is 9.37 Å². The van der Waals surface area contributed by atoms with E-state index in [0.717, 1.165) is 17.5 Å². The van der Waals surface area contributed by atoms with E-state index >= 15 is 0 Å². The van der Waals surface area contributed by atoms with E-state index in [-0.39, 0.29) is 0 Å². The molecule has 3 nitrogen and oxygen atoms in total. The maximum atomic E-state index is 13.5. The molecule has 13 heavy (non-hydrogen) atoms. The minimum atomic E-state index is -1.06. The molecule has 2 heterocycles. The van der Waals surface area contributed by atoms with Gasteiger partial charge in [0.2, 0.25) is 5.13 Å². The van der Waals surface area contributed by atoms with Gasteiger partial charge in [-0.05, 0) is 13.8 Å². The van der Waals surface area contributed by atoms with Crippen molar-refractivity contribution >= 4 is 16.7 Å². The van der Waals surface area contributed by atoms with Crippen LogP contribution in [0.25, 0.3) is 0 Å². The SMILES string of the molecule is Cc1nsc(N2CCC(C)(F)C2)n1. The second-order valence-corrected chi connectivity index (χ2v) is 4.44. The molecule has 1 aliphatic heterocycles. The first-order chi connectivity index (χ1) is 6.07. The predicted octanol–water partition coefficient (Wildman–Crippen LogP) is 1.78. The first-order valence-corrected chi connectivity index (χ1v) is 5.08. The van der Waals surface area contributed by atoms with Crippen LogP contribution in [0.15, 0.2) is 0 Å². The molecule has 72 valence electrons. The molecule has 0 saturated carbocycles. The summed E-state index contributed by atoms with van der Waals surface area (Å²) in [5.74, 6) is 0.771. The Bertz CT molecular complexity index is 310. The molecule has 0 N–H and O–H groups in total. The van der Waals surface area contributed by atoms with Crippen LogP contribution >= 0.6 is 11.5 Å². The van der Waals surface area contributed by atoms with Gasteiger partial charge in [-0.3, -0.25) is 0 Å². The molecule has 0 aromatic carbocycles. The molecule has 0 amide bonds. The number of anilines is 1. The van der Waals surface area contributed by atoms with E-state index in [0.29, 0.717) is 13.0 Å². The highest BCUT2D eigenvalue weighted by Gasteiger charge is 2.34. The lowest BCUT2D eigenvalue weighted by Crippen LogP contribution is -2.25. The van der Waals surface area contributed by atoms with E-state index in [2.05, 4.69) is 9.36 Å². The number of rotatable bonds is 1. The monoisotopic (exact) mass is 201 g/mol. The molecule has 0 radical (unpaired) electrons. The summed E-state index contributed by atoms with van der Waals surface area (Å²) in [4.78, 5) is 6.19. The molecular weight excluding hydrogens is 189 g/mol. The van der Waals surface area contributed by atoms with Gasteiger partial charge in [0.05, 0.1) is 6.54 Å². The summed E-state index contributed by atoms with van der Waals surface area (Å²) in [5, 5.41) is 0.846. The Hall–Kier alpha value is -0.710. The van der Waals surface area contributed by atoms with Crippen molar-refractivity contribution < 1.29 is 4.39 Å². The van der Waals surface area contributed by atoms with Gasteiger partial charge in [0.25, 0.3) is 0 Å². The van der Waals surface area contributed by atoms with Gasteiger partial charge in [-0.15, -0.1) is 0 Å². The molecule has 1 unspecified atom stereocenters. The molecule has 5 heteroatoms. The first-order valence-electron chi connectivity index (χ1n) is 4.31. The second kappa shape index (κ2) is 2.90. The third-order valence-electron chi connectivity index (χ3n) is 2.21. The van der Waals surface area contributed by atoms with Crippen molar-refractivity contribution in [1.82, 2.24) is 9.36 Å². The van der Waals surface area contributed by atoms with E-state index < -0.39 is 5.67 Å². The zero-order valence-electron chi connectivity index (χ0n) is 7.75. The number of nitrogens with zero attached hydrogens (tertiary/aromatic N) is 3. The fourth-order valence-electron chi connectivity index (χ4n) is 1.50. The van der Waals surface area contributed by atoms with E-state index in [9.17, 15) is 4.39 Å². The molecule has 2 rings (SSSR count). The normalized spacial score (nSPS) is 28.4. The van der Waals surface area contributed by atoms with Crippen LogP contribution in [0.4, 0.5) is 9.52 Å². The Morgan fingerprint density at radius 3 is 2.85 bits per heavy atom. The Morgan fingerprint density at radius 1 is 1.62 bits per heavy atom. The van der Waals surface area contributed by atoms with Crippen molar-refractivity contribution in [3.63, 3.8) is 0 Å². The Labute approximate surface area is 80.8 Å². The van der Waals surface area contributed by atoms with Crippen molar-refractivity contribution in [2.75, 3.05) is 18.0 Å². The maximum Gasteiger partial charge on any atom is 0.205 e. The Morgan fingerprint density at radius 2 is 2.38 bits per heavy atom. The highest BCUT2D eigenvalue weighted by molar-refractivity contribution is 7.09. The average molecular weight is 201 g/mol. The van der Waals surface area contributed by atoms with Crippen molar-refractivity contribution in [3.05, 3.63) is 5.82 Å². The van der Waals surface area contributed by atoms with Crippen molar-refractivity contribution in [3.8, 4) is 0 Å². The van der Waals surface area contributed by atoms with Crippen LogP contribution in [0.2, 0.25) is 0 Å². The van der Waals surface area contributed by atoms with Crippen LogP contribution < -0.4 is 4.90 Å². The Balaban J connectivity index is 2.12. The van der Waals surface area contributed by atoms with Gasteiger partial charge in [0.15, 0.2) is 0 Å². The van der Waals surface area contributed by atoms with E-state index in [1.165, 1.54) is 11.5 Å². The standard InChI is InChI=1S/C8H12FN3S/c1-6-10-7(13-11-6)12-4-3-8(2,9)5-12/h3-5H2,1-2H3. The fraction of sp³-hybridized carbons (Fsp3) is 0.750. The maximum absolute atomic E-state index is 13.5. The summed E-state index contributed by atoms with van der Waals surface area (Å²) in [6.45, 7) is 4.69. The molecule has 1 fully saturated rings. The third-order valence-corrected chi connectivity index (χ3v) is 3.08. The van der Waals surface area contributed by atoms with Crippen molar-refractivity contribution in [1.29, 1.82) is 0 Å². The van der Waals surface area contributed by atoms with Crippen LogP contribution in [0, 0.1) is 6.92 Å². The van der Waals surface area contributed by atoms with Crippen LogP contribution in [-0.4, -0.2) is 28.1 Å². The first kappa shape index (κ1) is 8.87. The minimum Gasteiger partial charge on any atom is -0.344 e. The molecule has 1 aromatic rings. The summed E-state index contributed by atoms with van der Waals surface area (Å²) < 4.78 is 17.5. The van der Waals surface area contributed by atoms with Gasteiger partial charge in [-0.2, -0.15) is 4.37 Å². The second-order valence-electron chi connectivity index (χ2n) is 3.71. The van der Waals surface area contributed by atoms with Gasteiger partial charge < -0.3 is 4.90 Å². The lowest BCUT2D eigenvalue weighted by Gasteiger charge is -2.15. The minimum absolute atomic E-state index is 0.446. The lowest BCUT2D eigenvalue weighted by molar-refractivity contribution is 0.221. The van der Waals surface area contributed by atoms with Gasteiger partial charge >= 0.3 is 0 Å². The van der Waals surface area contributed by atoms with E-state index in [1.54, 1.807) is 6.92 Å². The number of hydrogen-bond donors (Lipinski definition) is 0. The zero-order valence-corrected chi connectivity index (χ0v) is 8.57. The molecule has 1 aliphatic rings. The fourth-order valence-corrected chi connectivity index (χ4v) is 2.20. The number of aryl methyl sites for hydroxylation is 1.